The Kier molecular flexibility index (Phi) is 4.16. The first-order valence-electron chi connectivity index (χ1n) is 5.93. The van der Waals surface area contributed by atoms with Crippen molar-refractivity contribution in [2.24, 2.45) is 0 Å². The molecule has 0 N–H and O–H groups in total. The van der Waals surface area contributed by atoms with Crippen LogP contribution in [0.4, 0.5) is 0 Å². The first-order chi connectivity index (χ1) is 9.15. The van der Waals surface area contributed by atoms with Crippen molar-refractivity contribution in [1.29, 1.82) is 0 Å². The van der Waals surface area contributed by atoms with E-state index in [9.17, 15) is 4.79 Å². The van der Waals surface area contributed by atoms with Crippen molar-refractivity contribution in [3.8, 4) is 22.1 Å². The van der Waals surface area contributed by atoms with E-state index in [1.165, 1.54) is 18.3 Å². The van der Waals surface area contributed by atoms with Crippen LogP contribution in [-0.4, -0.2) is 24.5 Å². The van der Waals surface area contributed by atoms with E-state index in [1.807, 2.05) is 25.1 Å². The van der Waals surface area contributed by atoms with Gasteiger partial charge in [0.05, 0.1) is 13.7 Å². The van der Waals surface area contributed by atoms with E-state index in [2.05, 4.69) is 4.98 Å². The number of aromatic nitrogens is 1. The van der Waals surface area contributed by atoms with E-state index in [1.54, 1.807) is 12.5 Å². The quantitative estimate of drug-likeness (QED) is 0.786. The summed E-state index contributed by atoms with van der Waals surface area (Å²) in [7, 11) is 1.61. The lowest BCUT2D eigenvalue weighted by Crippen LogP contribution is -1.96. The Hall–Kier alpha value is -1.88. The molecular formula is C14H15NO3S. The molecule has 4 nitrogen and oxygen atoms in total. The molecule has 100 valence electrons. The topological polar surface area (TPSA) is 48.4 Å². The van der Waals surface area contributed by atoms with Crippen LogP contribution >= 0.6 is 11.3 Å². The van der Waals surface area contributed by atoms with E-state index < -0.39 is 0 Å². The van der Waals surface area contributed by atoms with Crippen LogP contribution < -0.4 is 9.47 Å². The fraction of sp³-hybridized carbons (Fsp3) is 0.286. The monoisotopic (exact) mass is 277 g/mol. The highest BCUT2D eigenvalue weighted by molar-refractivity contribution is 7.13. The predicted molar refractivity (Wildman–Crippen MR) is 75.3 cm³/mol. The fourth-order valence-electron chi connectivity index (χ4n) is 1.65. The summed E-state index contributed by atoms with van der Waals surface area (Å²) >= 11 is 1.44. The van der Waals surface area contributed by atoms with Gasteiger partial charge in [0.1, 0.15) is 10.7 Å². The highest BCUT2D eigenvalue weighted by Crippen LogP contribution is 2.33. The van der Waals surface area contributed by atoms with Gasteiger partial charge in [-0.05, 0) is 25.1 Å². The van der Waals surface area contributed by atoms with E-state index in [4.69, 9.17) is 9.47 Å². The number of carbonyl (C=O) groups is 1. The van der Waals surface area contributed by atoms with E-state index in [-0.39, 0.29) is 5.78 Å². The molecule has 0 bridgehead atoms. The predicted octanol–water partition coefficient (Wildman–Crippen LogP) is 3.42. The summed E-state index contributed by atoms with van der Waals surface area (Å²) < 4.78 is 10.8. The Labute approximate surface area is 116 Å². The van der Waals surface area contributed by atoms with Crippen LogP contribution in [0.15, 0.2) is 23.6 Å². The maximum absolute atomic E-state index is 11.3. The molecular weight excluding hydrogens is 262 g/mol. The van der Waals surface area contributed by atoms with Gasteiger partial charge in [0, 0.05) is 17.9 Å². The van der Waals surface area contributed by atoms with Crippen LogP contribution in [-0.2, 0) is 0 Å². The molecule has 0 aliphatic heterocycles. The molecule has 5 heteroatoms. The van der Waals surface area contributed by atoms with Crippen LogP contribution in [0.25, 0.3) is 10.6 Å². The number of ether oxygens (including phenoxy) is 2. The number of hydrogen-bond acceptors (Lipinski definition) is 5. The van der Waals surface area contributed by atoms with Gasteiger partial charge in [0.2, 0.25) is 0 Å². The minimum Gasteiger partial charge on any atom is -0.493 e. The SMILES string of the molecule is CCOc1cc(-c2nc(C(C)=O)cs2)ccc1OC. The van der Waals surface area contributed by atoms with Crippen molar-refractivity contribution < 1.29 is 14.3 Å². The van der Waals surface area contributed by atoms with Crippen LogP contribution in [0.5, 0.6) is 11.5 Å². The maximum atomic E-state index is 11.3. The normalized spacial score (nSPS) is 10.3. The molecule has 0 saturated carbocycles. The van der Waals surface area contributed by atoms with Crippen molar-refractivity contribution >= 4 is 17.1 Å². The van der Waals surface area contributed by atoms with Gasteiger partial charge in [-0.1, -0.05) is 0 Å². The zero-order chi connectivity index (χ0) is 13.8. The molecule has 0 saturated heterocycles. The summed E-state index contributed by atoms with van der Waals surface area (Å²) in [4.78, 5) is 15.6. The average Bonchev–Trinajstić information content (AvgIpc) is 2.89. The highest BCUT2D eigenvalue weighted by atomic mass is 32.1. The highest BCUT2D eigenvalue weighted by Gasteiger charge is 2.11. The molecule has 0 amide bonds. The molecule has 0 atom stereocenters. The number of methoxy groups -OCH3 is 1. The first kappa shape index (κ1) is 13.5. The molecule has 0 fully saturated rings. The second-order valence-corrected chi connectivity index (χ2v) is 4.75. The van der Waals surface area contributed by atoms with Gasteiger partial charge in [-0.2, -0.15) is 0 Å². The number of rotatable bonds is 5. The second kappa shape index (κ2) is 5.84. The Morgan fingerprint density at radius 3 is 2.74 bits per heavy atom. The molecule has 2 rings (SSSR count). The van der Waals surface area contributed by atoms with E-state index >= 15 is 0 Å². The fourth-order valence-corrected chi connectivity index (χ4v) is 2.50. The lowest BCUT2D eigenvalue weighted by Gasteiger charge is -2.09. The molecule has 2 aromatic rings. The van der Waals surface area contributed by atoms with Crippen LogP contribution in [0, 0.1) is 0 Å². The molecule has 0 unspecified atom stereocenters. The van der Waals surface area contributed by atoms with Crippen molar-refractivity contribution in [3.63, 3.8) is 0 Å². The summed E-state index contributed by atoms with van der Waals surface area (Å²) in [5, 5.41) is 2.57. The number of carbonyl (C=O) groups excluding carboxylic acids is 1. The number of Topliss-reactive ketones (excluding diaryl/α,β-unsaturated/α-hetero) is 1. The lowest BCUT2D eigenvalue weighted by molar-refractivity contribution is 0.101. The third-order valence-corrected chi connectivity index (χ3v) is 3.47. The molecule has 1 heterocycles. The van der Waals surface area contributed by atoms with Crippen molar-refractivity contribution in [1.82, 2.24) is 4.98 Å². The van der Waals surface area contributed by atoms with Crippen molar-refractivity contribution in [2.45, 2.75) is 13.8 Å². The van der Waals surface area contributed by atoms with Gasteiger partial charge in [-0.15, -0.1) is 11.3 Å². The maximum Gasteiger partial charge on any atom is 0.178 e. The number of nitrogens with zero attached hydrogens (tertiary/aromatic N) is 1. The average molecular weight is 277 g/mol. The minimum atomic E-state index is -0.0268. The molecule has 0 aliphatic carbocycles. The Morgan fingerprint density at radius 1 is 1.37 bits per heavy atom. The van der Waals surface area contributed by atoms with Gasteiger partial charge in [-0.3, -0.25) is 4.79 Å². The summed E-state index contributed by atoms with van der Waals surface area (Å²) in [6.45, 7) is 4.00. The lowest BCUT2D eigenvalue weighted by atomic mass is 10.2. The standard InChI is InChI=1S/C14H15NO3S/c1-4-18-13-7-10(5-6-12(13)17-3)14-15-11(8-19-14)9(2)16/h5-8H,4H2,1-3H3. The minimum absolute atomic E-state index is 0.0268. The Morgan fingerprint density at radius 2 is 2.16 bits per heavy atom. The number of ketones is 1. The molecule has 0 aliphatic rings. The number of hydrogen-bond donors (Lipinski definition) is 0. The van der Waals surface area contributed by atoms with Crippen LogP contribution in [0.1, 0.15) is 24.3 Å². The first-order valence-corrected chi connectivity index (χ1v) is 6.81. The van der Waals surface area contributed by atoms with Gasteiger partial charge in [-0.25, -0.2) is 4.98 Å². The summed E-state index contributed by atoms with van der Waals surface area (Å²) in [5.74, 6) is 1.34. The zero-order valence-corrected chi connectivity index (χ0v) is 11.9. The summed E-state index contributed by atoms with van der Waals surface area (Å²) in [5.41, 5.74) is 1.41. The summed E-state index contributed by atoms with van der Waals surface area (Å²) in [6, 6.07) is 5.63. The van der Waals surface area contributed by atoms with Crippen LogP contribution in [0.2, 0.25) is 0 Å². The van der Waals surface area contributed by atoms with Gasteiger partial charge in [0.15, 0.2) is 17.3 Å². The van der Waals surface area contributed by atoms with Crippen LogP contribution in [0.3, 0.4) is 0 Å². The Balaban J connectivity index is 2.38. The smallest absolute Gasteiger partial charge is 0.178 e. The van der Waals surface area contributed by atoms with Gasteiger partial charge < -0.3 is 9.47 Å². The number of thiazole rings is 1. The Bertz CT molecular complexity index is 592. The van der Waals surface area contributed by atoms with Gasteiger partial charge >= 0.3 is 0 Å². The van der Waals surface area contributed by atoms with Crippen molar-refractivity contribution in [3.05, 3.63) is 29.3 Å². The summed E-state index contributed by atoms with van der Waals surface area (Å²) in [6.07, 6.45) is 0. The molecule has 0 spiro atoms. The van der Waals surface area contributed by atoms with Gasteiger partial charge in [0.25, 0.3) is 0 Å². The molecule has 1 aromatic carbocycles. The molecule has 1 aromatic heterocycles. The largest absolute Gasteiger partial charge is 0.493 e. The zero-order valence-electron chi connectivity index (χ0n) is 11.1. The molecule has 19 heavy (non-hydrogen) atoms. The second-order valence-electron chi connectivity index (χ2n) is 3.89. The van der Waals surface area contributed by atoms with E-state index in [0.29, 0.717) is 23.8 Å². The van der Waals surface area contributed by atoms with E-state index in [0.717, 1.165) is 10.6 Å². The third-order valence-electron chi connectivity index (χ3n) is 2.58. The molecule has 0 radical (unpaired) electrons. The third kappa shape index (κ3) is 2.93. The van der Waals surface area contributed by atoms with Crippen molar-refractivity contribution in [2.75, 3.05) is 13.7 Å². The number of benzene rings is 1.